The molecule has 0 spiro atoms. The van der Waals surface area contributed by atoms with Gasteiger partial charge < -0.3 is 10.4 Å². The quantitative estimate of drug-likeness (QED) is 0.863. The number of rotatable bonds is 4. The Morgan fingerprint density at radius 3 is 2.50 bits per heavy atom. The van der Waals surface area contributed by atoms with Crippen molar-refractivity contribution < 1.29 is 18.7 Å². The highest BCUT2D eigenvalue weighted by Crippen LogP contribution is 2.23. The fourth-order valence-electron chi connectivity index (χ4n) is 1.47. The molecule has 0 aliphatic heterocycles. The van der Waals surface area contributed by atoms with Gasteiger partial charge in [-0.3, -0.25) is 4.79 Å². The van der Waals surface area contributed by atoms with Crippen LogP contribution in [0.5, 0.6) is 0 Å². The molecule has 1 aromatic rings. The largest absolute Gasteiger partial charge is 0.384 e. The van der Waals surface area contributed by atoms with Crippen molar-refractivity contribution in [3.63, 3.8) is 0 Å². The van der Waals surface area contributed by atoms with E-state index in [9.17, 15) is 13.6 Å². The Kier molecular flexibility index (Phi) is 4.40. The average Bonchev–Trinajstić information content (AvgIpc) is 2.29. The number of halogens is 2. The van der Waals surface area contributed by atoms with E-state index >= 15 is 0 Å². The average molecular weight is 257 g/mol. The first-order valence-corrected chi connectivity index (χ1v) is 5.65. The van der Waals surface area contributed by atoms with Crippen molar-refractivity contribution in [3.05, 3.63) is 35.4 Å². The van der Waals surface area contributed by atoms with Crippen molar-refractivity contribution in [3.8, 4) is 0 Å². The smallest absolute Gasteiger partial charge is 0.248 e. The highest BCUT2D eigenvalue weighted by Gasteiger charge is 2.23. The molecule has 1 atom stereocenters. The predicted octanol–water partition coefficient (Wildman–Crippen LogP) is 1.74. The summed E-state index contributed by atoms with van der Waals surface area (Å²) in [6.07, 6.45) is -1.09. The monoisotopic (exact) mass is 257 g/mol. The first-order chi connectivity index (χ1) is 8.24. The highest BCUT2D eigenvalue weighted by atomic mass is 19.2. The van der Waals surface area contributed by atoms with Crippen LogP contribution in [-0.2, 0) is 10.2 Å². The van der Waals surface area contributed by atoms with E-state index in [0.717, 1.165) is 12.1 Å². The van der Waals surface area contributed by atoms with Gasteiger partial charge in [0, 0.05) is 12.0 Å². The number of amides is 1. The number of carbonyl (C=O) groups is 1. The fraction of sp³-hybridized carbons (Fsp3) is 0.462. The summed E-state index contributed by atoms with van der Waals surface area (Å²) in [6.45, 7) is 5.17. The standard InChI is InChI=1S/C13H17F2NO2/c1-8(17)12(18)16-7-13(2,3)9-4-5-10(14)11(15)6-9/h4-6,8,17H,7H2,1-3H3,(H,16,18). The third kappa shape index (κ3) is 3.50. The molecule has 100 valence electrons. The molecule has 0 saturated carbocycles. The summed E-state index contributed by atoms with van der Waals surface area (Å²) < 4.78 is 26.0. The fourth-order valence-corrected chi connectivity index (χ4v) is 1.47. The Morgan fingerprint density at radius 2 is 2.00 bits per heavy atom. The zero-order valence-corrected chi connectivity index (χ0v) is 10.6. The molecular formula is C13H17F2NO2. The van der Waals surface area contributed by atoms with Gasteiger partial charge in [0.15, 0.2) is 11.6 Å². The molecule has 1 rings (SSSR count). The lowest BCUT2D eigenvalue weighted by molar-refractivity contribution is -0.128. The molecular weight excluding hydrogens is 240 g/mol. The van der Waals surface area contributed by atoms with Crippen LogP contribution in [0.1, 0.15) is 26.3 Å². The van der Waals surface area contributed by atoms with Gasteiger partial charge in [0.05, 0.1) is 0 Å². The summed E-state index contributed by atoms with van der Waals surface area (Å²) in [6, 6.07) is 3.65. The molecule has 5 heteroatoms. The maximum Gasteiger partial charge on any atom is 0.248 e. The van der Waals surface area contributed by atoms with Gasteiger partial charge in [0.2, 0.25) is 5.91 Å². The molecule has 0 bridgehead atoms. The Bertz CT molecular complexity index is 445. The number of benzene rings is 1. The van der Waals surface area contributed by atoms with Crippen molar-refractivity contribution in [1.29, 1.82) is 0 Å². The number of nitrogens with one attached hydrogen (secondary N) is 1. The molecule has 0 aliphatic rings. The molecule has 0 heterocycles. The molecule has 0 radical (unpaired) electrons. The SMILES string of the molecule is CC(O)C(=O)NCC(C)(C)c1ccc(F)c(F)c1. The zero-order chi connectivity index (χ0) is 13.9. The Balaban J connectivity index is 2.79. The molecule has 2 N–H and O–H groups in total. The van der Waals surface area contributed by atoms with Crippen LogP contribution >= 0.6 is 0 Å². The number of carbonyl (C=O) groups excluding carboxylic acids is 1. The van der Waals surface area contributed by atoms with E-state index in [1.807, 2.05) is 0 Å². The normalized spacial score (nSPS) is 13.2. The minimum atomic E-state index is -1.09. The molecule has 0 aliphatic carbocycles. The van der Waals surface area contributed by atoms with Gasteiger partial charge in [-0.15, -0.1) is 0 Å². The molecule has 0 fully saturated rings. The van der Waals surface area contributed by atoms with Gasteiger partial charge in [-0.1, -0.05) is 19.9 Å². The van der Waals surface area contributed by atoms with Crippen molar-refractivity contribution >= 4 is 5.91 Å². The molecule has 1 amide bonds. The number of aliphatic hydroxyl groups excluding tert-OH is 1. The molecule has 0 saturated heterocycles. The van der Waals surface area contributed by atoms with E-state index in [0.29, 0.717) is 5.56 Å². The first kappa shape index (κ1) is 14.6. The lowest BCUT2D eigenvalue weighted by atomic mass is 9.84. The summed E-state index contributed by atoms with van der Waals surface area (Å²) >= 11 is 0. The van der Waals surface area contributed by atoms with E-state index in [2.05, 4.69) is 5.32 Å². The molecule has 1 unspecified atom stereocenters. The van der Waals surface area contributed by atoms with Crippen molar-refractivity contribution in [2.45, 2.75) is 32.3 Å². The van der Waals surface area contributed by atoms with Crippen LogP contribution in [-0.4, -0.2) is 23.7 Å². The topological polar surface area (TPSA) is 49.3 Å². The van der Waals surface area contributed by atoms with Gasteiger partial charge in [0.1, 0.15) is 6.10 Å². The maximum atomic E-state index is 13.1. The molecule has 18 heavy (non-hydrogen) atoms. The Morgan fingerprint density at radius 1 is 1.39 bits per heavy atom. The van der Waals surface area contributed by atoms with Gasteiger partial charge in [-0.2, -0.15) is 0 Å². The number of aliphatic hydroxyl groups is 1. The van der Waals surface area contributed by atoms with Gasteiger partial charge in [0.25, 0.3) is 0 Å². The lowest BCUT2D eigenvalue weighted by Gasteiger charge is -2.26. The van der Waals surface area contributed by atoms with E-state index < -0.39 is 29.1 Å². The van der Waals surface area contributed by atoms with Crippen LogP contribution < -0.4 is 5.32 Å². The Hall–Kier alpha value is -1.49. The molecule has 1 aromatic carbocycles. The maximum absolute atomic E-state index is 13.1. The second kappa shape index (κ2) is 5.44. The number of hydrogen-bond donors (Lipinski definition) is 2. The number of hydrogen-bond acceptors (Lipinski definition) is 2. The van der Waals surface area contributed by atoms with E-state index in [1.54, 1.807) is 13.8 Å². The summed E-state index contributed by atoms with van der Waals surface area (Å²) in [5.41, 5.74) is 0.0197. The molecule has 0 aromatic heterocycles. The second-order valence-corrected chi connectivity index (χ2v) is 4.91. The summed E-state index contributed by atoms with van der Waals surface area (Å²) in [5, 5.41) is 11.6. The minimum Gasteiger partial charge on any atom is -0.384 e. The van der Waals surface area contributed by atoms with Gasteiger partial charge in [-0.05, 0) is 24.6 Å². The first-order valence-electron chi connectivity index (χ1n) is 5.65. The van der Waals surface area contributed by atoms with Crippen LogP contribution in [0.2, 0.25) is 0 Å². The van der Waals surface area contributed by atoms with E-state index in [-0.39, 0.29) is 6.54 Å². The van der Waals surface area contributed by atoms with Crippen LogP contribution in [0.3, 0.4) is 0 Å². The summed E-state index contributed by atoms with van der Waals surface area (Å²) in [7, 11) is 0. The van der Waals surface area contributed by atoms with Crippen LogP contribution in [0.15, 0.2) is 18.2 Å². The predicted molar refractivity (Wildman–Crippen MR) is 64.1 cm³/mol. The second-order valence-electron chi connectivity index (χ2n) is 4.91. The van der Waals surface area contributed by atoms with Gasteiger partial charge in [-0.25, -0.2) is 8.78 Å². The summed E-state index contributed by atoms with van der Waals surface area (Å²) in [4.78, 5) is 11.2. The Labute approximate surface area is 105 Å². The third-order valence-corrected chi connectivity index (χ3v) is 2.79. The van der Waals surface area contributed by atoms with E-state index in [1.165, 1.54) is 13.0 Å². The lowest BCUT2D eigenvalue weighted by Crippen LogP contribution is -2.40. The van der Waals surface area contributed by atoms with Gasteiger partial charge >= 0.3 is 0 Å². The molecule has 3 nitrogen and oxygen atoms in total. The minimum absolute atomic E-state index is 0.224. The van der Waals surface area contributed by atoms with Crippen LogP contribution in [0, 0.1) is 11.6 Å². The zero-order valence-electron chi connectivity index (χ0n) is 10.6. The van der Waals surface area contributed by atoms with E-state index in [4.69, 9.17) is 5.11 Å². The van der Waals surface area contributed by atoms with Crippen LogP contribution in [0.25, 0.3) is 0 Å². The van der Waals surface area contributed by atoms with Crippen molar-refractivity contribution in [2.24, 2.45) is 0 Å². The highest BCUT2D eigenvalue weighted by molar-refractivity contribution is 5.80. The van der Waals surface area contributed by atoms with Crippen molar-refractivity contribution in [2.75, 3.05) is 6.54 Å². The third-order valence-electron chi connectivity index (χ3n) is 2.79. The van der Waals surface area contributed by atoms with Crippen LogP contribution in [0.4, 0.5) is 8.78 Å². The van der Waals surface area contributed by atoms with Crippen molar-refractivity contribution in [1.82, 2.24) is 5.32 Å². The summed E-state index contributed by atoms with van der Waals surface area (Å²) in [5.74, 6) is -2.31.